The smallest absolute Gasteiger partial charge is 0.261 e. The van der Waals surface area contributed by atoms with Crippen molar-refractivity contribution in [3.05, 3.63) is 172 Å². The first-order valence-electron chi connectivity index (χ1n) is 24.4. The summed E-state index contributed by atoms with van der Waals surface area (Å²) in [6.07, 6.45) is 11.0. The van der Waals surface area contributed by atoms with Crippen LogP contribution in [0.15, 0.2) is 133 Å². The van der Waals surface area contributed by atoms with E-state index >= 15 is 0 Å². The SMILES string of the molecule is CCCCCCC(CCCCCC)N1C(=O)c2ccc3c4ccc5c6c(ccc(c7ccc(c2c37)C1=O)c64)C(=O)N(Cc1ccc(C2C[C@H](c3ccccc3)ON2c2ccccc2)cc1)C5=O. The fourth-order valence-corrected chi connectivity index (χ4v) is 11.4. The molecule has 11 rings (SSSR count). The number of nitrogens with zero attached hydrogens (tertiary/aromatic N) is 3. The Balaban J connectivity index is 0.902. The number of amides is 4. The van der Waals surface area contributed by atoms with Gasteiger partial charge in [0.15, 0.2) is 0 Å². The van der Waals surface area contributed by atoms with E-state index in [-0.39, 0.29) is 48.4 Å². The first-order chi connectivity index (χ1) is 32.9. The van der Waals surface area contributed by atoms with Gasteiger partial charge in [0.05, 0.1) is 18.3 Å². The number of fused-ring (bicyclic) bond motifs is 2. The molecule has 3 aliphatic heterocycles. The summed E-state index contributed by atoms with van der Waals surface area (Å²) in [7, 11) is 0. The molecule has 0 bridgehead atoms. The zero-order chi connectivity index (χ0) is 45.8. The lowest BCUT2D eigenvalue weighted by atomic mass is 9.82. The van der Waals surface area contributed by atoms with Crippen LogP contribution >= 0.6 is 0 Å². The van der Waals surface area contributed by atoms with Crippen molar-refractivity contribution in [3.8, 4) is 0 Å². The molecule has 336 valence electrons. The maximum absolute atomic E-state index is 14.6. The van der Waals surface area contributed by atoms with E-state index in [0.29, 0.717) is 33.0 Å². The fourth-order valence-electron chi connectivity index (χ4n) is 11.4. The zero-order valence-corrected chi connectivity index (χ0v) is 38.3. The second kappa shape index (κ2) is 17.7. The van der Waals surface area contributed by atoms with Crippen molar-refractivity contribution < 1.29 is 24.0 Å². The topological polar surface area (TPSA) is 87.2 Å². The van der Waals surface area contributed by atoms with Crippen LogP contribution in [0.5, 0.6) is 0 Å². The van der Waals surface area contributed by atoms with Crippen LogP contribution in [0.2, 0.25) is 0 Å². The van der Waals surface area contributed by atoms with E-state index in [9.17, 15) is 19.2 Å². The molecule has 8 aromatic carbocycles. The van der Waals surface area contributed by atoms with Gasteiger partial charge in [0.2, 0.25) is 0 Å². The number of carbonyl (C=O) groups is 4. The summed E-state index contributed by atoms with van der Waals surface area (Å²) in [6, 6.07) is 43.9. The number of anilines is 1. The van der Waals surface area contributed by atoms with Crippen molar-refractivity contribution in [1.82, 2.24) is 9.80 Å². The van der Waals surface area contributed by atoms with Gasteiger partial charge in [0.25, 0.3) is 23.6 Å². The summed E-state index contributed by atoms with van der Waals surface area (Å²) >= 11 is 0. The largest absolute Gasteiger partial charge is 0.271 e. The van der Waals surface area contributed by atoms with Crippen LogP contribution in [0.25, 0.3) is 43.1 Å². The molecule has 0 N–H and O–H groups in total. The second-order valence-electron chi connectivity index (χ2n) is 18.8. The Hall–Kier alpha value is -6.90. The number of hydroxylamine groups is 1. The molecule has 8 aromatic rings. The molecule has 0 spiro atoms. The van der Waals surface area contributed by atoms with Gasteiger partial charge in [-0.05, 0) is 98.2 Å². The van der Waals surface area contributed by atoms with Crippen molar-refractivity contribution in [1.29, 1.82) is 0 Å². The molecule has 8 heteroatoms. The molecule has 2 atom stereocenters. The van der Waals surface area contributed by atoms with Crippen molar-refractivity contribution in [2.24, 2.45) is 0 Å². The molecule has 1 unspecified atom stereocenters. The Kier molecular flexibility index (Phi) is 11.3. The highest BCUT2D eigenvalue weighted by molar-refractivity contribution is 6.41. The van der Waals surface area contributed by atoms with E-state index in [1.54, 1.807) is 4.90 Å². The molecule has 3 aliphatic rings. The van der Waals surface area contributed by atoms with Gasteiger partial charge in [-0.2, -0.15) is 0 Å². The molecule has 3 heterocycles. The van der Waals surface area contributed by atoms with Gasteiger partial charge >= 0.3 is 0 Å². The number of unbranched alkanes of at least 4 members (excludes halogenated alkanes) is 6. The van der Waals surface area contributed by atoms with Crippen LogP contribution in [0, 0.1) is 0 Å². The average molecular weight is 886 g/mol. The molecule has 0 radical (unpaired) electrons. The van der Waals surface area contributed by atoms with E-state index in [0.717, 1.165) is 125 Å². The van der Waals surface area contributed by atoms with Gasteiger partial charge in [0, 0.05) is 45.5 Å². The molecular weight excluding hydrogens is 831 g/mol. The number of imide groups is 2. The molecular formula is C59H55N3O5. The highest BCUT2D eigenvalue weighted by Gasteiger charge is 2.40. The van der Waals surface area contributed by atoms with E-state index in [2.05, 4.69) is 50.2 Å². The van der Waals surface area contributed by atoms with Gasteiger partial charge in [0.1, 0.15) is 6.10 Å². The van der Waals surface area contributed by atoms with Crippen LogP contribution in [-0.2, 0) is 11.4 Å². The predicted octanol–water partition coefficient (Wildman–Crippen LogP) is 14.1. The normalized spacial score (nSPS) is 17.2. The highest BCUT2D eigenvalue weighted by Crippen LogP contribution is 2.48. The van der Waals surface area contributed by atoms with Gasteiger partial charge in [-0.3, -0.25) is 33.8 Å². The van der Waals surface area contributed by atoms with E-state index in [1.165, 1.54) is 4.90 Å². The summed E-state index contributed by atoms with van der Waals surface area (Å²) < 4.78 is 0. The summed E-state index contributed by atoms with van der Waals surface area (Å²) in [5.74, 6) is -1.08. The van der Waals surface area contributed by atoms with E-state index in [1.807, 2.05) is 102 Å². The first kappa shape index (κ1) is 42.7. The molecule has 1 fully saturated rings. The Labute approximate surface area is 391 Å². The number of hydrogen-bond donors (Lipinski definition) is 0. The molecule has 4 amide bonds. The Bertz CT molecular complexity index is 3070. The van der Waals surface area contributed by atoms with Crippen molar-refractivity contribution in [2.75, 3.05) is 5.06 Å². The van der Waals surface area contributed by atoms with Gasteiger partial charge < -0.3 is 0 Å². The summed E-state index contributed by atoms with van der Waals surface area (Å²) in [4.78, 5) is 67.8. The van der Waals surface area contributed by atoms with E-state index in [4.69, 9.17) is 4.84 Å². The summed E-state index contributed by atoms with van der Waals surface area (Å²) in [6.45, 7) is 4.52. The van der Waals surface area contributed by atoms with E-state index < -0.39 is 0 Å². The average Bonchev–Trinajstić information content (AvgIpc) is 3.82. The lowest BCUT2D eigenvalue weighted by molar-refractivity contribution is 0.0514. The second-order valence-corrected chi connectivity index (χ2v) is 18.8. The van der Waals surface area contributed by atoms with Crippen molar-refractivity contribution in [3.63, 3.8) is 0 Å². The minimum absolute atomic E-state index is 0.0402. The standard InChI is InChI=1S/C59H55N3O5/c1-3-5-7-13-19-40(20-14-8-6-4-2)61-58(65)48-33-29-44-42-27-31-46-54-47(32-28-43(52(42)54)45-30-34-49(59(61)66)55(48)53(44)45)57(64)60(56(46)63)36-37-23-25-38(26-24-37)50-35-51(39-17-11-9-12-18-39)67-62(50)41-21-15-10-16-22-41/h9-12,15-18,21-34,40,50-51H,3-8,13-14,19-20,35-36H2,1-2H3/t50?,51-/m1/s1. The molecule has 0 aromatic heterocycles. The molecule has 0 aliphatic carbocycles. The number of rotatable bonds is 16. The lowest BCUT2D eigenvalue weighted by Crippen LogP contribution is -2.47. The van der Waals surface area contributed by atoms with Crippen molar-refractivity contribution in [2.45, 2.75) is 109 Å². The third-order valence-electron chi connectivity index (χ3n) is 14.7. The maximum atomic E-state index is 14.6. The zero-order valence-electron chi connectivity index (χ0n) is 38.3. The minimum atomic E-state index is -0.332. The Morgan fingerprint density at radius 3 is 1.46 bits per heavy atom. The van der Waals surface area contributed by atoms with Crippen LogP contribution in [0.4, 0.5) is 5.69 Å². The van der Waals surface area contributed by atoms with Crippen LogP contribution in [0.1, 0.15) is 155 Å². The highest BCUT2D eigenvalue weighted by atomic mass is 16.7. The third-order valence-corrected chi connectivity index (χ3v) is 14.7. The summed E-state index contributed by atoms with van der Waals surface area (Å²) in [5, 5.41) is 8.64. The van der Waals surface area contributed by atoms with Gasteiger partial charge in [-0.25, -0.2) is 5.06 Å². The molecule has 8 nitrogen and oxygen atoms in total. The maximum Gasteiger partial charge on any atom is 0.261 e. The number of carbonyl (C=O) groups excluding carboxylic acids is 4. The predicted molar refractivity (Wildman–Crippen MR) is 267 cm³/mol. The third kappa shape index (κ3) is 7.24. The first-order valence-corrected chi connectivity index (χ1v) is 24.4. The number of benzene rings is 8. The lowest BCUT2D eigenvalue weighted by Gasteiger charge is -2.35. The van der Waals surface area contributed by atoms with Crippen molar-refractivity contribution >= 4 is 72.4 Å². The number of hydrogen-bond acceptors (Lipinski definition) is 6. The van der Waals surface area contributed by atoms with Gasteiger partial charge in [-0.1, -0.05) is 162 Å². The van der Waals surface area contributed by atoms with Crippen LogP contribution < -0.4 is 5.06 Å². The van der Waals surface area contributed by atoms with Gasteiger partial charge in [-0.15, -0.1) is 0 Å². The van der Waals surface area contributed by atoms with Crippen LogP contribution in [-0.4, -0.2) is 39.5 Å². The Morgan fingerprint density at radius 1 is 0.493 bits per heavy atom. The fraction of sp³-hybridized carbons (Fsp3) is 0.288. The Morgan fingerprint density at radius 2 is 0.970 bits per heavy atom. The quantitative estimate of drug-likeness (QED) is 0.0416. The molecule has 0 saturated carbocycles. The van der Waals surface area contributed by atoms with Crippen LogP contribution in [0.3, 0.4) is 0 Å². The molecule has 1 saturated heterocycles. The monoisotopic (exact) mass is 885 g/mol. The number of para-hydroxylation sites is 1. The molecule has 67 heavy (non-hydrogen) atoms. The summed E-state index contributed by atoms with van der Waals surface area (Å²) in [5.41, 5.74) is 6.12. The minimum Gasteiger partial charge on any atom is -0.271 e.